The van der Waals surface area contributed by atoms with Gasteiger partial charge in [-0.3, -0.25) is 4.79 Å². The van der Waals surface area contributed by atoms with Gasteiger partial charge < -0.3 is 33.5 Å². The Hall–Kier alpha value is -2.95. The molecule has 34 heavy (non-hydrogen) atoms. The zero-order valence-corrected chi connectivity index (χ0v) is 19.9. The summed E-state index contributed by atoms with van der Waals surface area (Å²) in [5.41, 5.74) is -1.27. The molecule has 0 unspecified atom stereocenters. The summed E-state index contributed by atoms with van der Waals surface area (Å²) in [4.78, 5) is 36.2. The second-order valence-electron chi connectivity index (χ2n) is 8.61. The van der Waals surface area contributed by atoms with Crippen molar-refractivity contribution in [3.05, 3.63) is 29.8 Å². The van der Waals surface area contributed by atoms with E-state index in [1.54, 1.807) is 39.0 Å². The monoisotopic (exact) mass is 478 g/mol. The van der Waals surface area contributed by atoms with Gasteiger partial charge in [0.2, 0.25) is 0 Å². The molecule has 1 saturated carbocycles. The van der Waals surface area contributed by atoms with Crippen LogP contribution in [0.3, 0.4) is 0 Å². The van der Waals surface area contributed by atoms with Crippen LogP contribution < -0.4 is 9.47 Å². The first kappa shape index (κ1) is 25.7. The average molecular weight is 478 g/mol. The number of esters is 3. The second-order valence-corrected chi connectivity index (χ2v) is 8.61. The van der Waals surface area contributed by atoms with E-state index in [1.807, 2.05) is 0 Å². The van der Waals surface area contributed by atoms with Crippen molar-refractivity contribution in [1.82, 2.24) is 0 Å². The summed E-state index contributed by atoms with van der Waals surface area (Å²) in [6.07, 6.45) is 0.246. The molecule has 1 aromatic carbocycles. The van der Waals surface area contributed by atoms with Gasteiger partial charge in [-0.1, -0.05) is 6.07 Å². The molecular weight excluding hydrogens is 448 g/mol. The molecule has 3 rings (SSSR count). The van der Waals surface area contributed by atoms with Gasteiger partial charge in [0, 0.05) is 25.8 Å². The summed E-state index contributed by atoms with van der Waals surface area (Å²) in [5, 5.41) is 11.0. The van der Waals surface area contributed by atoms with Crippen molar-refractivity contribution in [3.63, 3.8) is 0 Å². The SMILES string of the molecule is CCOC(=O)[C@@]1(O)C[C@@H](OC(=O)/C=C/c2ccc(OC(C)=O)c(OC)c2)[C@@H]2OC(C)(C)O[C@@H]2C1. The highest BCUT2D eigenvalue weighted by molar-refractivity contribution is 5.87. The molecule has 0 bridgehead atoms. The van der Waals surface area contributed by atoms with E-state index in [0.717, 1.165) is 0 Å². The number of benzene rings is 1. The lowest BCUT2D eigenvalue weighted by Crippen LogP contribution is -2.56. The summed E-state index contributed by atoms with van der Waals surface area (Å²) < 4.78 is 32.6. The Morgan fingerprint density at radius 1 is 1.18 bits per heavy atom. The van der Waals surface area contributed by atoms with Gasteiger partial charge in [-0.25, -0.2) is 9.59 Å². The van der Waals surface area contributed by atoms with Gasteiger partial charge in [-0.15, -0.1) is 0 Å². The first-order valence-electron chi connectivity index (χ1n) is 11.0. The fraction of sp³-hybridized carbons (Fsp3) is 0.542. The maximum absolute atomic E-state index is 12.6. The van der Waals surface area contributed by atoms with E-state index in [-0.39, 0.29) is 25.2 Å². The molecular formula is C24H30O10. The predicted molar refractivity (Wildman–Crippen MR) is 118 cm³/mol. The molecule has 0 aromatic heterocycles. The molecule has 1 aromatic rings. The molecule has 10 heteroatoms. The maximum Gasteiger partial charge on any atom is 0.338 e. The first-order valence-corrected chi connectivity index (χ1v) is 11.0. The quantitative estimate of drug-likeness (QED) is 0.354. The number of hydrogen-bond acceptors (Lipinski definition) is 10. The van der Waals surface area contributed by atoms with Crippen LogP contribution in [0.1, 0.15) is 46.1 Å². The van der Waals surface area contributed by atoms with Gasteiger partial charge in [0.15, 0.2) is 22.9 Å². The Kier molecular flexibility index (Phi) is 7.64. The topological polar surface area (TPSA) is 127 Å². The lowest BCUT2D eigenvalue weighted by molar-refractivity contribution is -0.188. The van der Waals surface area contributed by atoms with Crippen molar-refractivity contribution in [1.29, 1.82) is 0 Å². The Balaban J connectivity index is 1.74. The number of fused-ring (bicyclic) bond motifs is 1. The van der Waals surface area contributed by atoms with Crippen LogP contribution in [-0.2, 0) is 33.3 Å². The van der Waals surface area contributed by atoms with Gasteiger partial charge in [-0.05, 0) is 44.5 Å². The third-order valence-corrected chi connectivity index (χ3v) is 5.44. The predicted octanol–water partition coefficient (Wildman–Crippen LogP) is 2.15. The van der Waals surface area contributed by atoms with Crippen molar-refractivity contribution >= 4 is 24.0 Å². The van der Waals surface area contributed by atoms with Crippen LogP contribution in [0.25, 0.3) is 6.08 Å². The number of carbonyl (C=O) groups excluding carboxylic acids is 3. The van der Waals surface area contributed by atoms with E-state index in [2.05, 4.69) is 0 Å². The van der Waals surface area contributed by atoms with Gasteiger partial charge in [0.05, 0.1) is 19.8 Å². The smallest absolute Gasteiger partial charge is 0.338 e. The lowest BCUT2D eigenvalue weighted by atomic mass is 9.79. The normalized spacial score (nSPS) is 27.6. The fourth-order valence-corrected chi connectivity index (χ4v) is 4.12. The maximum atomic E-state index is 12.6. The second kappa shape index (κ2) is 10.1. The van der Waals surface area contributed by atoms with Crippen LogP contribution in [0.4, 0.5) is 0 Å². The molecule has 4 atom stereocenters. The highest BCUT2D eigenvalue weighted by atomic mass is 16.8. The van der Waals surface area contributed by atoms with Crippen LogP contribution in [-0.4, -0.2) is 66.4 Å². The number of aliphatic hydroxyl groups is 1. The van der Waals surface area contributed by atoms with Gasteiger partial charge in [0.25, 0.3) is 0 Å². The molecule has 1 aliphatic carbocycles. The number of ether oxygens (including phenoxy) is 6. The van der Waals surface area contributed by atoms with Gasteiger partial charge in [0.1, 0.15) is 12.2 Å². The molecule has 2 fully saturated rings. The first-order chi connectivity index (χ1) is 16.0. The van der Waals surface area contributed by atoms with Crippen LogP contribution in [0.2, 0.25) is 0 Å². The Bertz CT molecular complexity index is 969. The molecule has 1 N–H and O–H groups in total. The summed E-state index contributed by atoms with van der Waals surface area (Å²) in [5.74, 6) is -2.37. The fourth-order valence-electron chi connectivity index (χ4n) is 4.12. The third-order valence-electron chi connectivity index (χ3n) is 5.44. The minimum absolute atomic E-state index is 0.0295. The van der Waals surface area contributed by atoms with Crippen molar-refractivity contribution in [2.45, 2.75) is 70.2 Å². The minimum atomic E-state index is -1.87. The van der Waals surface area contributed by atoms with Crippen LogP contribution in [0.15, 0.2) is 24.3 Å². The molecule has 0 spiro atoms. The minimum Gasteiger partial charge on any atom is -0.493 e. The Morgan fingerprint density at radius 2 is 1.91 bits per heavy atom. The molecule has 0 radical (unpaired) electrons. The molecule has 1 heterocycles. The molecule has 10 nitrogen and oxygen atoms in total. The zero-order chi connectivity index (χ0) is 25.1. The van der Waals surface area contributed by atoms with Crippen LogP contribution in [0, 0.1) is 0 Å². The van der Waals surface area contributed by atoms with E-state index >= 15 is 0 Å². The highest BCUT2D eigenvalue weighted by Crippen LogP contribution is 2.42. The largest absolute Gasteiger partial charge is 0.493 e. The summed E-state index contributed by atoms with van der Waals surface area (Å²) in [6, 6.07) is 4.77. The summed E-state index contributed by atoms with van der Waals surface area (Å²) in [6.45, 7) is 6.44. The number of rotatable bonds is 7. The van der Waals surface area contributed by atoms with Gasteiger partial charge >= 0.3 is 17.9 Å². The van der Waals surface area contributed by atoms with Crippen molar-refractivity contribution < 1.29 is 47.9 Å². The Morgan fingerprint density at radius 3 is 2.56 bits per heavy atom. The third kappa shape index (κ3) is 5.94. The summed E-state index contributed by atoms with van der Waals surface area (Å²) in [7, 11) is 1.43. The number of carbonyl (C=O) groups is 3. The van der Waals surface area contributed by atoms with Crippen molar-refractivity contribution in [2.75, 3.05) is 13.7 Å². The molecule has 186 valence electrons. The summed E-state index contributed by atoms with van der Waals surface area (Å²) >= 11 is 0. The molecule has 1 saturated heterocycles. The van der Waals surface area contributed by atoms with E-state index in [9.17, 15) is 19.5 Å². The number of methoxy groups -OCH3 is 1. The Labute approximate surface area is 197 Å². The van der Waals surface area contributed by atoms with Crippen molar-refractivity contribution in [2.24, 2.45) is 0 Å². The molecule has 1 aliphatic heterocycles. The van der Waals surface area contributed by atoms with Crippen molar-refractivity contribution in [3.8, 4) is 11.5 Å². The van der Waals surface area contributed by atoms with E-state index in [0.29, 0.717) is 11.3 Å². The lowest BCUT2D eigenvalue weighted by Gasteiger charge is -2.39. The van der Waals surface area contributed by atoms with Crippen LogP contribution in [0.5, 0.6) is 11.5 Å². The zero-order valence-electron chi connectivity index (χ0n) is 19.9. The van der Waals surface area contributed by atoms with E-state index in [1.165, 1.54) is 26.2 Å². The van der Waals surface area contributed by atoms with E-state index in [4.69, 9.17) is 28.4 Å². The van der Waals surface area contributed by atoms with Crippen LogP contribution >= 0.6 is 0 Å². The molecule has 0 amide bonds. The standard InChI is InChI=1S/C24H30O10/c1-6-30-22(27)24(28)12-18(21-19(13-24)33-23(3,4)34-21)32-20(26)10-8-15-7-9-16(31-14(2)25)17(11-15)29-5/h7-11,18-19,21,28H,6,12-13H2,1-5H3/b10-8+/t18-,19-,21+,24-/m1/s1. The van der Waals surface area contributed by atoms with Gasteiger partial charge in [-0.2, -0.15) is 0 Å². The highest BCUT2D eigenvalue weighted by Gasteiger charge is 2.58. The molecule has 2 aliphatic rings. The number of hydrogen-bond donors (Lipinski definition) is 1. The average Bonchev–Trinajstić information content (AvgIpc) is 3.06. The van der Waals surface area contributed by atoms with E-state index < -0.39 is 47.6 Å².